The highest BCUT2D eigenvalue weighted by Gasteiger charge is 2.24. The predicted molar refractivity (Wildman–Crippen MR) is 52.2 cm³/mol. The summed E-state index contributed by atoms with van der Waals surface area (Å²) in [6, 6.07) is 0.888. The molecule has 1 unspecified atom stereocenters. The van der Waals surface area contributed by atoms with Gasteiger partial charge in [0, 0.05) is 6.04 Å². The highest BCUT2D eigenvalue weighted by Crippen LogP contribution is 2.29. The van der Waals surface area contributed by atoms with Crippen molar-refractivity contribution in [1.82, 2.24) is 5.32 Å². The van der Waals surface area contributed by atoms with E-state index in [1.54, 1.807) is 0 Å². The lowest BCUT2D eigenvalue weighted by Crippen LogP contribution is -2.40. The fourth-order valence-corrected chi connectivity index (χ4v) is 2.82. The van der Waals surface area contributed by atoms with Crippen molar-refractivity contribution in [2.24, 2.45) is 5.92 Å². The Bertz CT molecular complexity index is 105. The molecule has 1 N–H and O–H groups in total. The summed E-state index contributed by atoms with van der Waals surface area (Å²) in [4.78, 5) is 0. The van der Waals surface area contributed by atoms with Crippen LogP contribution in [-0.4, -0.2) is 12.6 Å². The topological polar surface area (TPSA) is 12.0 Å². The first kappa shape index (κ1) is 8.55. The normalized spacial score (nSPS) is 33.5. The van der Waals surface area contributed by atoms with Crippen LogP contribution in [0, 0.1) is 5.92 Å². The van der Waals surface area contributed by atoms with Gasteiger partial charge in [-0.2, -0.15) is 0 Å². The summed E-state index contributed by atoms with van der Waals surface area (Å²) >= 11 is 0. The van der Waals surface area contributed by atoms with E-state index in [-0.39, 0.29) is 0 Å². The Balaban J connectivity index is 1.80. The Kier molecular flexibility index (Phi) is 3.04. The van der Waals surface area contributed by atoms with E-state index in [9.17, 15) is 0 Å². The molecule has 1 saturated heterocycles. The van der Waals surface area contributed by atoms with E-state index in [0.29, 0.717) is 0 Å². The average molecular weight is 167 g/mol. The Morgan fingerprint density at radius 1 is 0.750 bits per heavy atom. The molecule has 0 radical (unpaired) electrons. The number of hydrogen-bond donors (Lipinski definition) is 1. The minimum Gasteiger partial charge on any atom is -0.314 e. The molecule has 2 aliphatic rings. The van der Waals surface area contributed by atoms with Gasteiger partial charge in [0.15, 0.2) is 0 Å². The third kappa shape index (κ3) is 2.01. The molecule has 0 spiro atoms. The number of rotatable bonds is 1. The maximum absolute atomic E-state index is 3.69. The van der Waals surface area contributed by atoms with Gasteiger partial charge in [-0.25, -0.2) is 0 Å². The minimum absolute atomic E-state index is 0.888. The summed E-state index contributed by atoms with van der Waals surface area (Å²) in [5.74, 6) is 1.03. The lowest BCUT2D eigenvalue weighted by Gasteiger charge is -2.33. The van der Waals surface area contributed by atoms with Crippen molar-refractivity contribution in [3.8, 4) is 0 Å². The standard InChI is InChI=1S/C11H21N/c1-2-6-10(7-3-1)11-8-4-5-9-12-11/h10-12H,1-9H2. The Morgan fingerprint density at radius 2 is 1.50 bits per heavy atom. The van der Waals surface area contributed by atoms with E-state index in [4.69, 9.17) is 0 Å². The predicted octanol–water partition coefficient (Wildman–Crippen LogP) is 2.71. The zero-order valence-corrected chi connectivity index (χ0v) is 8.02. The number of piperidine rings is 1. The number of nitrogens with one attached hydrogen (secondary N) is 1. The number of hydrogen-bond acceptors (Lipinski definition) is 1. The van der Waals surface area contributed by atoms with Crippen LogP contribution >= 0.6 is 0 Å². The second kappa shape index (κ2) is 4.27. The first-order valence-corrected chi connectivity index (χ1v) is 5.70. The van der Waals surface area contributed by atoms with E-state index in [0.717, 1.165) is 12.0 Å². The SMILES string of the molecule is C1CCC(C2CCCCN2)CC1. The molecule has 1 aliphatic heterocycles. The fourth-order valence-electron chi connectivity index (χ4n) is 2.82. The third-order valence-corrected chi connectivity index (χ3v) is 3.57. The molecular weight excluding hydrogens is 146 g/mol. The molecule has 12 heavy (non-hydrogen) atoms. The Labute approximate surface area is 75.9 Å². The van der Waals surface area contributed by atoms with Gasteiger partial charge in [0.25, 0.3) is 0 Å². The molecule has 0 aromatic carbocycles. The van der Waals surface area contributed by atoms with E-state index < -0.39 is 0 Å². The summed E-state index contributed by atoms with van der Waals surface area (Å²) < 4.78 is 0. The van der Waals surface area contributed by atoms with Gasteiger partial charge in [-0.1, -0.05) is 25.7 Å². The highest BCUT2D eigenvalue weighted by atomic mass is 14.9. The van der Waals surface area contributed by atoms with Gasteiger partial charge in [0.1, 0.15) is 0 Å². The van der Waals surface area contributed by atoms with Crippen LogP contribution in [-0.2, 0) is 0 Å². The molecule has 0 amide bonds. The smallest absolute Gasteiger partial charge is 0.00953 e. The monoisotopic (exact) mass is 167 g/mol. The molecule has 1 nitrogen and oxygen atoms in total. The van der Waals surface area contributed by atoms with Crippen molar-refractivity contribution < 1.29 is 0 Å². The van der Waals surface area contributed by atoms with Crippen LogP contribution in [0.4, 0.5) is 0 Å². The van der Waals surface area contributed by atoms with Crippen molar-refractivity contribution in [2.75, 3.05) is 6.54 Å². The van der Waals surface area contributed by atoms with Crippen molar-refractivity contribution in [1.29, 1.82) is 0 Å². The molecule has 1 saturated carbocycles. The highest BCUT2D eigenvalue weighted by molar-refractivity contribution is 4.81. The maximum atomic E-state index is 3.69. The molecule has 1 aliphatic carbocycles. The maximum Gasteiger partial charge on any atom is 0.00953 e. The van der Waals surface area contributed by atoms with Crippen LogP contribution < -0.4 is 5.32 Å². The summed E-state index contributed by atoms with van der Waals surface area (Å²) in [6.45, 7) is 1.28. The van der Waals surface area contributed by atoms with Gasteiger partial charge in [-0.05, 0) is 38.1 Å². The van der Waals surface area contributed by atoms with Gasteiger partial charge in [0.2, 0.25) is 0 Å². The summed E-state index contributed by atoms with van der Waals surface area (Å²) in [7, 11) is 0. The second-order valence-electron chi connectivity index (χ2n) is 4.45. The molecule has 70 valence electrons. The van der Waals surface area contributed by atoms with Crippen LogP contribution in [0.15, 0.2) is 0 Å². The van der Waals surface area contributed by atoms with Crippen molar-refractivity contribution in [3.05, 3.63) is 0 Å². The Morgan fingerprint density at radius 3 is 2.17 bits per heavy atom. The Hall–Kier alpha value is -0.0400. The fraction of sp³-hybridized carbons (Fsp3) is 1.00. The van der Waals surface area contributed by atoms with E-state index in [2.05, 4.69) is 5.32 Å². The largest absolute Gasteiger partial charge is 0.314 e. The van der Waals surface area contributed by atoms with Crippen LogP contribution in [0.2, 0.25) is 0 Å². The third-order valence-electron chi connectivity index (χ3n) is 3.57. The van der Waals surface area contributed by atoms with Crippen molar-refractivity contribution in [2.45, 2.75) is 57.4 Å². The molecule has 2 fully saturated rings. The molecule has 0 aromatic heterocycles. The van der Waals surface area contributed by atoms with Gasteiger partial charge in [-0.15, -0.1) is 0 Å². The summed E-state index contributed by atoms with van der Waals surface area (Å²) in [5, 5.41) is 3.69. The van der Waals surface area contributed by atoms with Crippen LogP contribution in [0.5, 0.6) is 0 Å². The van der Waals surface area contributed by atoms with Gasteiger partial charge >= 0.3 is 0 Å². The summed E-state index contributed by atoms with van der Waals surface area (Å²) in [5.41, 5.74) is 0. The van der Waals surface area contributed by atoms with Crippen LogP contribution in [0.25, 0.3) is 0 Å². The van der Waals surface area contributed by atoms with Crippen LogP contribution in [0.3, 0.4) is 0 Å². The van der Waals surface area contributed by atoms with Gasteiger partial charge < -0.3 is 5.32 Å². The van der Waals surface area contributed by atoms with E-state index in [1.807, 2.05) is 0 Å². The molecule has 1 heteroatoms. The average Bonchev–Trinajstić information content (AvgIpc) is 2.21. The molecule has 2 rings (SSSR count). The molecule has 0 bridgehead atoms. The van der Waals surface area contributed by atoms with Crippen LogP contribution in [0.1, 0.15) is 51.4 Å². The second-order valence-corrected chi connectivity index (χ2v) is 4.45. The first-order valence-electron chi connectivity index (χ1n) is 5.70. The molecule has 0 aromatic rings. The minimum atomic E-state index is 0.888. The molecule has 1 atom stereocenters. The molecular formula is C11H21N. The van der Waals surface area contributed by atoms with Crippen molar-refractivity contribution >= 4 is 0 Å². The zero-order chi connectivity index (χ0) is 8.23. The van der Waals surface area contributed by atoms with Crippen molar-refractivity contribution in [3.63, 3.8) is 0 Å². The van der Waals surface area contributed by atoms with E-state index in [1.165, 1.54) is 57.9 Å². The lowest BCUT2D eigenvalue weighted by molar-refractivity contribution is 0.235. The summed E-state index contributed by atoms with van der Waals surface area (Å²) in [6.07, 6.45) is 11.8. The molecule has 1 heterocycles. The quantitative estimate of drug-likeness (QED) is 0.633. The van der Waals surface area contributed by atoms with E-state index >= 15 is 0 Å². The lowest BCUT2D eigenvalue weighted by atomic mass is 9.81. The zero-order valence-electron chi connectivity index (χ0n) is 8.02. The van der Waals surface area contributed by atoms with Gasteiger partial charge in [-0.3, -0.25) is 0 Å². The van der Waals surface area contributed by atoms with Gasteiger partial charge in [0.05, 0.1) is 0 Å². The first-order chi connectivity index (χ1) is 5.97.